The number of aryl methyl sites for hydroxylation is 1. The standard InChI is InChI=1S/C15H14ClFN2O4/c1-3-12(14(20)18-13-6-8(2)23-19-13)22-15(21)10-7-9(16)4-5-11(10)17/h4-7,12H,3H2,1-2H3,(H,18,19,20). The number of amides is 1. The van der Waals surface area contributed by atoms with E-state index in [1.807, 2.05) is 0 Å². The summed E-state index contributed by atoms with van der Waals surface area (Å²) in [6.07, 6.45) is -0.894. The third-order valence-corrected chi connectivity index (χ3v) is 3.18. The average molecular weight is 341 g/mol. The van der Waals surface area contributed by atoms with E-state index < -0.39 is 23.8 Å². The summed E-state index contributed by atoms with van der Waals surface area (Å²) in [5.74, 6) is -1.61. The highest BCUT2D eigenvalue weighted by atomic mass is 35.5. The molecule has 122 valence electrons. The fraction of sp³-hybridized carbons (Fsp3) is 0.267. The van der Waals surface area contributed by atoms with Crippen LogP contribution in [0.5, 0.6) is 0 Å². The minimum Gasteiger partial charge on any atom is -0.449 e. The van der Waals surface area contributed by atoms with Gasteiger partial charge < -0.3 is 14.6 Å². The monoisotopic (exact) mass is 340 g/mol. The topological polar surface area (TPSA) is 81.4 Å². The van der Waals surface area contributed by atoms with Gasteiger partial charge in [-0.1, -0.05) is 23.7 Å². The number of hydrogen-bond donors (Lipinski definition) is 1. The van der Waals surface area contributed by atoms with Gasteiger partial charge in [-0.25, -0.2) is 9.18 Å². The molecule has 0 bridgehead atoms. The number of anilines is 1. The predicted molar refractivity (Wildman–Crippen MR) is 80.8 cm³/mol. The molecule has 1 aromatic heterocycles. The minimum absolute atomic E-state index is 0.189. The zero-order valence-corrected chi connectivity index (χ0v) is 13.2. The van der Waals surface area contributed by atoms with Gasteiger partial charge in [-0.2, -0.15) is 0 Å². The molecule has 23 heavy (non-hydrogen) atoms. The van der Waals surface area contributed by atoms with Crippen LogP contribution in [0.2, 0.25) is 5.02 Å². The minimum atomic E-state index is -1.10. The lowest BCUT2D eigenvalue weighted by Gasteiger charge is -2.15. The number of rotatable bonds is 5. The first-order valence-electron chi connectivity index (χ1n) is 6.81. The Morgan fingerprint density at radius 1 is 1.43 bits per heavy atom. The Balaban J connectivity index is 2.07. The zero-order valence-electron chi connectivity index (χ0n) is 12.4. The second-order valence-electron chi connectivity index (χ2n) is 4.74. The van der Waals surface area contributed by atoms with Crippen LogP contribution in [-0.4, -0.2) is 23.1 Å². The van der Waals surface area contributed by atoms with E-state index in [-0.39, 0.29) is 22.8 Å². The van der Waals surface area contributed by atoms with Gasteiger partial charge >= 0.3 is 5.97 Å². The summed E-state index contributed by atoms with van der Waals surface area (Å²) in [6, 6.07) is 5.02. The molecule has 1 aromatic carbocycles. The molecule has 0 aliphatic rings. The van der Waals surface area contributed by atoms with Crippen molar-refractivity contribution < 1.29 is 23.2 Å². The van der Waals surface area contributed by atoms with Crippen LogP contribution < -0.4 is 5.32 Å². The van der Waals surface area contributed by atoms with Gasteiger partial charge in [-0.15, -0.1) is 0 Å². The normalized spacial score (nSPS) is 11.8. The maximum atomic E-state index is 13.6. The van der Waals surface area contributed by atoms with Crippen molar-refractivity contribution in [3.05, 3.63) is 46.4 Å². The number of aromatic nitrogens is 1. The molecule has 0 aliphatic carbocycles. The molecule has 1 amide bonds. The molecule has 0 aliphatic heterocycles. The van der Waals surface area contributed by atoms with Gasteiger partial charge in [0.05, 0.1) is 5.56 Å². The van der Waals surface area contributed by atoms with Crippen LogP contribution in [0.3, 0.4) is 0 Å². The quantitative estimate of drug-likeness (QED) is 0.844. The average Bonchev–Trinajstić information content (AvgIpc) is 2.91. The summed E-state index contributed by atoms with van der Waals surface area (Å²) in [6.45, 7) is 3.32. The maximum Gasteiger partial charge on any atom is 0.341 e. The molecule has 1 heterocycles. The van der Waals surface area contributed by atoms with Crippen molar-refractivity contribution in [2.45, 2.75) is 26.4 Å². The Hall–Kier alpha value is -2.41. The highest BCUT2D eigenvalue weighted by Gasteiger charge is 2.24. The molecule has 0 fully saturated rings. The van der Waals surface area contributed by atoms with Crippen molar-refractivity contribution in [3.8, 4) is 0 Å². The van der Waals surface area contributed by atoms with Gasteiger partial charge in [0, 0.05) is 11.1 Å². The zero-order chi connectivity index (χ0) is 17.0. The van der Waals surface area contributed by atoms with Crippen molar-refractivity contribution in [2.75, 3.05) is 5.32 Å². The molecular weight excluding hydrogens is 327 g/mol. The van der Waals surface area contributed by atoms with Gasteiger partial charge in [0.2, 0.25) is 0 Å². The number of benzene rings is 1. The number of ether oxygens (including phenoxy) is 1. The van der Waals surface area contributed by atoms with Crippen LogP contribution in [0.1, 0.15) is 29.5 Å². The summed E-state index contributed by atoms with van der Waals surface area (Å²) >= 11 is 5.73. The van der Waals surface area contributed by atoms with E-state index in [9.17, 15) is 14.0 Å². The molecule has 1 unspecified atom stereocenters. The van der Waals surface area contributed by atoms with Crippen LogP contribution in [0.15, 0.2) is 28.8 Å². The first kappa shape index (κ1) is 17.0. The summed E-state index contributed by atoms with van der Waals surface area (Å²) in [7, 11) is 0. The van der Waals surface area contributed by atoms with E-state index >= 15 is 0 Å². The third-order valence-electron chi connectivity index (χ3n) is 2.94. The van der Waals surface area contributed by atoms with E-state index in [0.717, 1.165) is 12.1 Å². The Labute approximate surface area is 136 Å². The molecule has 1 N–H and O–H groups in total. The number of hydrogen-bond acceptors (Lipinski definition) is 5. The highest BCUT2D eigenvalue weighted by molar-refractivity contribution is 6.30. The summed E-state index contributed by atoms with van der Waals surface area (Å²) in [4.78, 5) is 24.1. The molecule has 8 heteroatoms. The van der Waals surface area contributed by atoms with Gasteiger partial charge in [0.1, 0.15) is 11.6 Å². The maximum absolute atomic E-state index is 13.6. The molecule has 0 saturated carbocycles. The second kappa shape index (κ2) is 7.23. The van der Waals surface area contributed by atoms with Gasteiger partial charge in [-0.3, -0.25) is 4.79 Å². The van der Waals surface area contributed by atoms with Crippen LogP contribution in [0.4, 0.5) is 10.2 Å². The van der Waals surface area contributed by atoms with Gasteiger partial charge in [-0.05, 0) is 31.5 Å². The van der Waals surface area contributed by atoms with Crippen LogP contribution >= 0.6 is 11.6 Å². The van der Waals surface area contributed by atoms with E-state index in [1.165, 1.54) is 12.1 Å². The third kappa shape index (κ3) is 4.29. The molecule has 0 radical (unpaired) electrons. The number of carbonyl (C=O) groups is 2. The molecule has 0 spiro atoms. The highest BCUT2D eigenvalue weighted by Crippen LogP contribution is 2.17. The summed E-state index contributed by atoms with van der Waals surface area (Å²) < 4.78 is 23.5. The molecule has 2 aromatic rings. The van der Waals surface area contributed by atoms with Crippen LogP contribution in [0, 0.1) is 12.7 Å². The van der Waals surface area contributed by atoms with Crippen molar-refractivity contribution in [3.63, 3.8) is 0 Å². The van der Waals surface area contributed by atoms with Crippen molar-refractivity contribution >= 4 is 29.3 Å². The first-order valence-corrected chi connectivity index (χ1v) is 7.18. The lowest BCUT2D eigenvalue weighted by atomic mass is 10.2. The van der Waals surface area contributed by atoms with Crippen molar-refractivity contribution in [1.82, 2.24) is 5.16 Å². The summed E-state index contributed by atoms with van der Waals surface area (Å²) in [5, 5.41) is 6.26. The number of esters is 1. The fourth-order valence-corrected chi connectivity index (χ4v) is 1.97. The summed E-state index contributed by atoms with van der Waals surface area (Å²) in [5.41, 5.74) is -0.332. The van der Waals surface area contributed by atoms with Gasteiger partial charge in [0.25, 0.3) is 5.91 Å². The smallest absolute Gasteiger partial charge is 0.341 e. The van der Waals surface area contributed by atoms with E-state index in [0.29, 0.717) is 5.76 Å². The predicted octanol–water partition coefficient (Wildman–Crippen LogP) is 3.35. The number of nitrogens with one attached hydrogen (secondary N) is 1. The fourth-order valence-electron chi connectivity index (χ4n) is 1.80. The van der Waals surface area contributed by atoms with Crippen molar-refractivity contribution in [1.29, 1.82) is 0 Å². The Morgan fingerprint density at radius 2 is 2.17 bits per heavy atom. The first-order chi connectivity index (χ1) is 10.9. The Morgan fingerprint density at radius 3 is 2.78 bits per heavy atom. The lowest BCUT2D eigenvalue weighted by Crippen LogP contribution is -2.32. The van der Waals surface area contributed by atoms with E-state index in [4.69, 9.17) is 20.9 Å². The Bertz CT molecular complexity index is 732. The molecule has 0 saturated heterocycles. The van der Waals surface area contributed by atoms with Crippen molar-refractivity contribution in [2.24, 2.45) is 0 Å². The largest absolute Gasteiger partial charge is 0.449 e. The molecule has 2 rings (SSSR count). The van der Waals surface area contributed by atoms with E-state index in [1.54, 1.807) is 13.8 Å². The second-order valence-corrected chi connectivity index (χ2v) is 5.17. The number of nitrogens with zero attached hydrogens (tertiary/aromatic N) is 1. The number of halogens is 2. The van der Waals surface area contributed by atoms with Crippen LogP contribution in [-0.2, 0) is 9.53 Å². The lowest BCUT2D eigenvalue weighted by molar-refractivity contribution is -0.124. The SMILES string of the molecule is CCC(OC(=O)c1cc(Cl)ccc1F)C(=O)Nc1cc(C)on1. The molecule has 6 nitrogen and oxygen atoms in total. The molecule has 1 atom stereocenters. The molecular formula is C15H14ClFN2O4. The Kier molecular flexibility index (Phi) is 5.33. The van der Waals surface area contributed by atoms with Crippen LogP contribution in [0.25, 0.3) is 0 Å². The number of carbonyl (C=O) groups excluding carboxylic acids is 2. The van der Waals surface area contributed by atoms with Gasteiger partial charge in [0.15, 0.2) is 11.9 Å². The van der Waals surface area contributed by atoms with E-state index in [2.05, 4.69) is 10.5 Å².